The highest BCUT2D eigenvalue weighted by molar-refractivity contribution is 7.22. The molecule has 1 amide bonds. The predicted molar refractivity (Wildman–Crippen MR) is 101 cm³/mol. The molecule has 5 nitrogen and oxygen atoms in total. The van der Waals surface area contributed by atoms with Crippen LogP contribution in [0.4, 0.5) is 5.13 Å². The second-order valence-corrected chi connectivity index (χ2v) is 6.87. The molecule has 0 radical (unpaired) electrons. The first-order valence-electron chi connectivity index (χ1n) is 7.46. The molecule has 8 heteroatoms. The highest BCUT2D eigenvalue weighted by Gasteiger charge is 2.10. The van der Waals surface area contributed by atoms with Crippen LogP contribution in [-0.4, -0.2) is 24.1 Å². The van der Waals surface area contributed by atoms with Crippen LogP contribution in [0.15, 0.2) is 36.4 Å². The number of carbonyl (C=O) groups excluding carboxylic acids is 1. The van der Waals surface area contributed by atoms with Gasteiger partial charge in [0.2, 0.25) is 0 Å². The lowest BCUT2D eigenvalue weighted by atomic mass is 10.3. The largest absolute Gasteiger partial charge is 0.494 e. The molecule has 25 heavy (non-hydrogen) atoms. The molecule has 0 saturated heterocycles. The van der Waals surface area contributed by atoms with E-state index in [1.807, 2.05) is 25.1 Å². The normalized spacial score (nSPS) is 10.7. The van der Waals surface area contributed by atoms with Crippen LogP contribution in [0, 0.1) is 0 Å². The number of thiazole rings is 1. The monoisotopic (exact) mass is 396 g/mol. The van der Waals surface area contributed by atoms with E-state index in [1.165, 1.54) is 11.3 Å². The number of benzene rings is 2. The van der Waals surface area contributed by atoms with E-state index in [0.717, 1.165) is 16.0 Å². The smallest absolute Gasteiger partial charge is 0.264 e. The molecule has 0 unspecified atom stereocenters. The Morgan fingerprint density at radius 2 is 2.04 bits per heavy atom. The molecule has 0 spiro atoms. The van der Waals surface area contributed by atoms with Crippen LogP contribution in [0.2, 0.25) is 10.0 Å². The standard InChI is InChI=1S/C17H14Cl2N2O3S/c1-2-23-11-4-5-13-15(8-11)25-17(20-13)21-16(22)9-24-14-6-3-10(18)7-12(14)19/h3-8H,2,9H2,1H3,(H,20,21,22). The third kappa shape index (κ3) is 4.54. The van der Waals surface area contributed by atoms with Gasteiger partial charge in [0.25, 0.3) is 5.91 Å². The second-order valence-electron chi connectivity index (χ2n) is 4.99. The van der Waals surface area contributed by atoms with E-state index < -0.39 is 0 Å². The molecule has 1 N–H and O–H groups in total. The number of nitrogens with zero attached hydrogens (tertiary/aromatic N) is 1. The summed E-state index contributed by atoms with van der Waals surface area (Å²) < 4.78 is 11.8. The molecule has 0 bridgehead atoms. The first-order valence-corrected chi connectivity index (χ1v) is 9.03. The van der Waals surface area contributed by atoms with Crippen LogP contribution >= 0.6 is 34.5 Å². The van der Waals surface area contributed by atoms with E-state index >= 15 is 0 Å². The first kappa shape index (κ1) is 17.8. The van der Waals surface area contributed by atoms with Crippen molar-refractivity contribution in [3.05, 3.63) is 46.4 Å². The Morgan fingerprint density at radius 1 is 1.20 bits per heavy atom. The Kier molecular flexibility index (Phi) is 5.63. The summed E-state index contributed by atoms with van der Waals surface area (Å²) in [7, 11) is 0. The lowest BCUT2D eigenvalue weighted by Crippen LogP contribution is -2.20. The predicted octanol–water partition coefficient (Wildman–Crippen LogP) is 5.02. The highest BCUT2D eigenvalue weighted by Crippen LogP contribution is 2.30. The molecule has 3 rings (SSSR count). The van der Waals surface area contributed by atoms with Crippen molar-refractivity contribution in [2.45, 2.75) is 6.92 Å². The van der Waals surface area contributed by atoms with Crippen LogP contribution in [0.3, 0.4) is 0 Å². The number of ether oxygens (including phenoxy) is 2. The van der Waals surface area contributed by atoms with Gasteiger partial charge in [-0.15, -0.1) is 0 Å². The van der Waals surface area contributed by atoms with Gasteiger partial charge in [0.05, 0.1) is 21.8 Å². The number of hydrogen-bond acceptors (Lipinski definition) is 5. The molecule has 0 atom stereocenters. The molecule has 2 aromatic carbocycles. The summed E-state index contributed by atoms with van der Waals surface area (Å²) in [5.41, 5.74) is 0.797. The summed E-state index contributed by atoms with van der Waals surface area (Å²) in [6.07, 6.45) is 0. The van der Waals surface area contributed by atoms with Crippen LogP contribution in [0.5, 0.6) is 11.5 Å². The maximum Gasteiger partial charge on any atom is 0.264 e. The Bertz CT molecular complexity index is 914. The van der Waals surface area contributed by atoms with Crippen LogP contribution < -0.4 is 14.8 Å². The number of hydrogen-bond donors (Lipinski definition) is 1. The van der Waals surface area contributed by atoms with Gasteiger partial charge in [0.1, 0.15) is 11.5 Å². The minimum absolute atomic E-state index is 0.179. The second kappa shape index (κ2) is 7.91. The van der Waals surface area contributed by atoms with Crippen molar-refractivity contribution in [3.8, 4) is 11.5 Å². The van der Waals surface area contributed by atoms with E-state index in [4.69, 9.17) is 32.7 Å². The summed E-state index contributed by atoms with van der Waals surface area (Å²) in [5, 5.41) is 4.07. The molecule has 0 aliphatic heterocycles. The molecule has 130 valence electrons. The minimum Gasteiger partial charge on any atom is -0.494 e. The molecule has 3 aromatic rings. The Balaban J connectivity index is 1.63. The third-order valence-electron chi connectivity index (χ3n) is 3.17. The molecular weight excluding hydrogens is 383 g/mol. The summed E-state index contributed by atoms with van der Waals surface area (Å²) in [6, 6.07) is 10.4. The number of halogens is 2. The summed E-state index contributed by atoms with van der Waals surface area (Å²) in [5.74, 6) is 0.846. The molecule has 0 saturated carbocycles. The molecule has 0 aliphatic rings. The SMILES string of the molecule is CCOc1ccc2nc(NC(=O)COc3ccc(Cl)cc3Cl)sc2c1. The van der Waals surface area contributed by atoms with Crippen molar-refractivity contribution in [2.75, 3.05) is 18.5 Å². The van der Waals surface area contributed by atoms with Crippen molar-refractivity contribution >= 4 is 55.8 Å². The van der Waals surface area contributed by atoms with Crippen LogP contribution in [0.25, 0.3) is 10.2 Å². The van der Waals surface area contributed by atoms with Gasteiger partial charge < -0.3 is 9.47 Å². The average Bonchev–Trinajstić information content (AvgIpc) is 2.95. The Morgan fingerprint density at radius 3 is 2.80 bits per heavy atom. The topological polar surface area (TPSA) is 60.5 Å². The molecule has 0 aliphatic carbocycles. The first-order chi connectivity index (χ1) is 12.0. The Hall–Kier alpha value is -2.02. The number of anilines is 1. The number of carbonyl (C=O) groups is 1. The van der Waals surface area contributed by atoms with Gasteiger partial charge in [-0.25, -0.2) is 4.98 Å². The maximum absolute atomic E-state index is 12.0. The van der Waals surface area contributed by atoms with Crippen molar-refractivity contribution in [1.82, 2.24) is 4.98 Å². The van der Waals surface area contributed by atoms with Gasteiger partial charge in [-0.3, -0.25) is 10.1 Å². The van der Waals surface area contributed by atoms with Gasteiger partial charge in [0, 0.05) is 5.02 Å². The molecular formula is C17H14Cl2N2O3S. The fraction of sp³-hybridized carbons (Fsp3) is 0.176. The fourth-order valence-electron chi connectivity index (χ4n) is 2.11. The van der Waals surface area contributed by atoms with Crippen molar-refractivity contribution in [2.24, 2.45) is 0 Å². The Labute approximate surface area is 158 Å². The van der Waals surface area contributed by atoms with Gasteiger partial charge in [-0.05, 0) is 43.3 Å². The molecule has 1 heterocycles. The number of aromatic nitrogens is 1. The van der Waals surface area contributed by atoms with Gasteiger partial charge >= 0.3 is 0 Å². The number of rotatable bonds is 6. The van der Waals surface area contributed by atoms with Crippen LogP contribution in [0.1, 0.15) is 6.92 Å². The van der Waals surface area contributed by atoms with Gasteiger partial charge in [0.15, 0.2) is 11.7 Å². The maximum atomic E-state index is 12.0. The molecule has 1 aromatic heterocycles. The lowest BCUT2D eigenvalue weighted by molar-refractivity contribution is -0.118. The third-order valence-corrected chi connectivity index (χ3v) is 4.63. The fourth-order valence-corrected chi connectivity index (χ4v) is 3.48. The summed E-state index contributed by atoms with van der Waals surface area (Å²) in [4.78, 5) is 16.4. The van der Waals surface area contributed by atoms with E-state index in [1.54, 1.807) is 18.2 Å². The van der Waals surface area contributed by atoms with Crippen molar-refractivity contribution < 1.29 is 14.3 Å². The van der Waals surface area contributed by atoms with E-state index in [-0.39, 0.29) is 12.5 Å². The molecule has 0 fully saturated rings. The summed E-state index contributed by atoms with van der Waals surface area (Å²) in [6.45, 7) is 2.34. The minimum atomic E-state index is -0.324. The average molecular weight is 397 g/mol. The van der Waals surface area contributed by atoms with E-state index in [9.17, 15) is 4.79 Å². The van der Waals surface area contributed by atoms with E-state index in [0.29, 0.717) is 27.5 Å². The van der Waals surface area contributed by atoms with Crippen molar-refractivity contribution in [1.29, 1.82) is 0 Å². The summed E-state index contributed by atoms with van der Waals surface area (Å²) >= 11 is 13.2. The number of fused-ring (bicyclic) bond motifs is 1. The van der Waals surface area contributed by atoms with Crippen LogP contribution in [-0.2, 0) is 4.79 Å². The zero-order chi connectivity index (χ0) is 17.8. The van der Waals surface area contributed by atoms with Gasteiger partial charge in [-0.1, -0.05) is 34.5 Å². The van der Waals surface area contributed by atoms with E-state index in [2.05, 4.69) is 10.3 Å². The van der Waals surface area contributed by atoms with Gasteiger partial charge in [-0.2, -0.15) is 0 Å². The number of nitrogens with one attached hydrogen (secondary N) is 1. The van der Waals surface area contributed by atoms with Crippen molar-refractivity contribution in [3.63, 3.8) is 0 Å². The number of amides is 1. The highest BCUT2D eigenvalue weighted by atomic mass is 35.5. The zero-order valence-electron chi connectivity index (χ0n) is 13.2. The lowest BCUT2D eigenvalue weighted by Gasteiger charge is -2.07. The quantitative estimate of drug-likeness (QED) is 0.635. The zero-order valence-corrected chi connectivity index (χ0v) is 15.5.